The van der Waals surface area contributed by atoms with Gasteiger partial charge in [0.25, 0.3) is 5.54 Å². The Balaban J connectivity index is 1.83. The van der Waals surface area contributed by atoms with Crippen molar-refractivity contribution in [1.82, 2.24) is 9.80 Å². The molecule has 0 spiro atoms. The molecule has 0 unspecified atom stereocenters. The van der Waals surface area contributed by atoms with Crippen LogP contribution in [0.4, 0.5) is 0 Å². The number of benzene rings is 1. The minimum absolute atomic E-state index is 0.106. The highest BCUT2D eigenvalue weighted by Gasteiger charge is 2.62. The van der Waals surface area contributed by atoms with Crippen LogP contribution in [0.25, 0.3) is 4.85 Å². The first-order valence-corrected chi connectivity index (χ1v) is 8.24. The van der Waals surface area contributed by atoms with Crippen molar-refractivity contribution in [2.45, 2.75) is 43.9 Å². The molecule has 3 heterocycles. The van der Waals surface area contributed by atoms with Crippen LogP contribution in [-0.4, -0.2) is 53.1 Å². The summed E-state index contributed by atoms with van der Waals surface area (Å²) in [4.78, 5) is 32.6. The van der Waals surface area contributed by atoms with Crippen LogP contribution in [0.5, 0.6) is 11.5 Å². The minimum atomic E-state index is -0.866. The van der Waals surface area contributed by atoms with Crippen LogP contribution in [0.2, 0.25) is 0 Å². The maximum Gasteiger partial charge on any atom is 0.256 e. The molecular formula is C18H19N3O4. The molecule has 130 valence electrons. The van der Waals surface area contributed by atoms with Gasteiger partial charge in [0.2, 0.25) is 18.6 Å². The van der Waals surface area contributed by atoms with E-state index in [1.807, 2.05) is 19.1 Å². The zero-order valence-corrected chi connectivity index (χ0v) is 14.4. The van der Waals surface area contributed by atoms with E-state index in [0.29, 0.717) is 17.9 Å². The van der Waals surface area contributed by atoms with Crippen molar-refractivity contribution in [2.75, 3.05) is 13.8 Å². The summed E-state index contributed by atoms with van der Waals surface area (Å²) in [5, 5.41) is 0. The molecule has 25 heavy (non-hydrogen) atoms. The maximum absolute atomic E-state index is 13.0. The maximum atomic E-state index is 13.0. The van der Waals surface area contributed by atoms with E-state index in [1.54, 1.807) is 24.9 Å². The molecule has 0 N–H and O–H groups in total. The molecule has 2 saturated heterocycles. The number of hydrogen-bond acceptors (Lipinski definition) is 4. The average molecular weight is 341 g/mol. The van der Waals surface area contributed by atoms with Crippen LogP contribution in [0.1, 0.15) is 31.9 Å². The first kappa shape index (κ1) is 15.8. The number of likely N-dealkylation sites (N-methyl/N-ethyl adjacent to an activating group) is 1. The Labute approximate surface area is 145 Å². The third-order valence-corrected chi connectivity index (χ3v) is 5.60. The second kappa shape index (κ2) is 5.12. The van der Waals surface area contributed by atoms with Crippen LogP contribution in [0, 0.1) is 6.57 Å². The smallest absolute Gasteiger partial charge is 0.256 e. The quantitative estimate of drug-likeness (QED) is 0.728. The van der Waals surface area contributed by atoms with Crippen LogP contribution < -0.4 is 9.47 Å². The van der Waals surface area contributed by atoms with E-state index in [-0.39, 0.29) is 18.6 Å². The Morgan fingerprint density at radius 3 is 2.68 bits per heavy atom. The molecule has 1 aromatic rings. The molecule has 1 aromatic carbocycles. The van der Waals surface area contributed by atoms with E-state index in [1.165, 1.54) is 4.90 Å². The molecule has 0 saturated carbocycles. The highest BCUT2D eigenvalue weighted by atomic mass is 16.7. The Kier molecular flexibility index (Phi) is 3.23. The highest BCUT2D eigenvalue weighted by molar-refractivity contribution is 5.97. The van der Waals surface area contributed by atoms with Gasteiger partial charge in [-0.15, -0.1) is 0 Å². The fraction of sp³-hybridized carbons (Fsp3) is 0.500. The number of piperazine rings is 1. The molecule has 0 aliphatic carbocycles. The van der Waals surface area contributed by atoms with Crippen LogP contribution in [0.3, 0.4) is 0 Å². The Morgan fingerprint density at radius 1 is 1.24 bits per heavy atom. The first-order chi connectivity index (χ1) is 11.9. The summed E-state index contributed by atoms with van der Waals surface area (Å²) in [7, 11) is 1.64. The van der Waals surface area contributed by atoms with E-state index in [4.69, 9.17) is 16.0 Å². The predicted molar refractivity (Wildman–Crippen MR) is 87.8 cm³/mol. The lowest BCUT2D eigenvalue weighted by atomic mass is 9.87. The predicted octanol–water partition coefficient (Wildman–Crippen LogP) is 1.60. The first-order valence-electron chi connectivity index (χ1n) is 8.24. The van der Waals surface area contributed by atoms with Gasteiger partial charge in [0.1, 0.15) is 18.1 Å². The Bertz CT molecular complexity index is 817. The van der Waals surface area contributed by atoms with Gasteiger partial charge in [0, 0.05) is 14.0 Å². The molecule has 7 heteroatoms. The molecule has 4 atom stereocenters. The van der Waals surface area contributed by atoms with Gasteiger partial charge in [0.05, 0.1) is 6.42 Å². The van der Waals surface area contributed by atoms with Crippen molar-refractivity contribution in [3.05, 3.63) is 35.2 Å². The van der Waals surface area contributed by atoms with Crippen molar-refractivity contribution in [1.29, 1.82) is 0 Å². The van der Waals surface area contributed by atoms with Gasteiger partial charge >= 0.3 is 0 Å². The number of ether oxygens (including phenoxy) is 2. The third kappa shape index (κ3) is 2.03. The summed E-state index contributed by atoms with van der Waals surface area (Å²) in [5.41, 5.74) is -0.0719. The van der Waals surface area contributed by atoms with E-state index in [0.717, 1.165) is 5.56 Å². The normalized spacial score (nSPS) is 33.4. The second-order valence-electron chi connectivity index (χ2n) is 7.07. The van der Waals surface area contributed by atoms with Crippen LogP contribution in [0.15, 0.2) is 18.2 Å². The average Bonchev–Trinajstić information content (AvgIpc) is 3.20. The molecule has 3 aliphatic heterocycles. The lowest BCUT2D eigenvalue weighted by Crippen LogP contribution is -2.60. The van der Waals surface area contributed by atoms with Gasteiger partial charge < -0.3 is 24.1 Å². The van der Waals surface area contributed by atoms with Crippen molar-refractivity contribution in [3.63, 3.8) is 0 Å². The van der Waals surface area contributed by atoms with Gasteiger partial charge in [-0.25, -0.2) is 6.57 Å². The molecule has 7 nitrogen and oxygen atoms in total. The van der Waals surface area contributed by atoms with Crippen LogP contribution in [-0.2, 0) is 9.59 Å². The van der Waals surface area contributed by atoms with Gasteiger partial charge in [0.15, 0.2) is 11.5 Å². The fourth-order valence-electron chi connectivity index (χ4n) is 4.09. The number of hydrogen-bond donors (Lipinski definition) is 0. The lowest BCUT2D eigenvalue weighted by Gasteiger charge is -2.41. The van der Waals surface area contributed by atoms with Crippen LogP contribution >= 0.6 is 0 Å². The number of amides is 2. The van der Waals surface area contributed by atoms with Crippen molar-refractivity contribution < 1.29 is 19.1 Å². The molecule has 2 amide bonds. The topological polar surface area (TPSA) is 63.4 Å². The number of fused-ring (bicyclic) bond motifs is 2. The summed E-state index contributed by atoms with van der Waals surface area (Å²) >= 11 is 0. The van der Waals surface area contributed by atoms with E-state index >= 15 is 0 Å². The molecular weight excluding hydrogens is 322 g/mol. The Hall–Kier alpha value is -2.75. The number of carbonyl (C=O) groups excluding carboxylic acids is 2. The van der Waals surface area contributed by atoms with E-state index in [9.17, 15) is 9.59 Å². The van der Waals surface area contributed by atoms with Crippen molar-refractivity contribution >= 4 is 11.8 Å². The second-order valence-corrected chi connectivity index (χ2v) is 7.07. The summed E-state index contributed by atoms with van der Waals surface area (Å²) in [6, 6.07) is 3.85. The number of carbonyl (C=O) groups is 2. The summed E-state index contributed by atoms with van der Waals surface area (Å²) in [5.74, 6) is 1.03. The van der Waals surface area contributed by atoms with Crippen molar-refractivity contribution in [3.8, 4) is 11.5 Å². The number of rotatable bonds is 1. The largest absolute Gasteiger partial charge is 0.454 e. The van der Waals surface area contributed by atoms with Crippen molar-refractivity contribution in [2.24, 2.45) is 0 Å². The minimum Gasteiger partial charge on any atom is -0.454 e. The fourth-order valence-corrected chi connectivity index (χ4v) is 4.09. The summed E-state index contributed by atoms with van der Waals surface area (Å²) in [6.45, 7) is 11.4. The van der Waals surface area contributed by atoms with E-state index < -0.39 is 23.7 Å². The molecule has 0 aromatic heterocycles. The molecule has 4 rings (SSSR count). The van der Waals surface area contributed by atoms with Gasteiger partial charge in [-0.3, -0.25) is 9.59 Å². The standard InChI is InChI=1S/C18H19N3O4/c1-10-16(22)21-12(17(23)20(10)4)8-18(2,19-3)15(21)11-5-6-13-14(7-11)25-9-24-13/h5-7,10,12,15H,8-9H2,1-2,4H3/t10-,12-,15+,18+/m0/s1. The summed E-state index contributed by atoms with van der Waals surface area (Å²) < 4.78 is 10.8. The van der Waals surface area contributed by atoms with Gasteiger partial charge in [-0.05, 0) is 24.6 Å². The highest BCUT2D eigenvalue weighted by Crippen LogP contribution is 2.50. The monoisotopic (exact) mass is 341 g/mol. The number of nitrogens with zero attached hydrogens (tertiary/aromatic N) is 3. The van der Waals surface area contributed by atoms with E-state index in [2.05, 4.69) is 4.85 Å². The molecule has 0 radical (unpaired) electrons. The zero-order valence-electron chi connectivity index (χ0n) is 14.4. The summed E-state index contributed by atoms with van der Waals surface area (Å²) in [6.07, 6.45) is 0.331. The molecule has 0 bridgehead atoms. The SMILES string of the molecule is [C-]#[N+][C@]1(C)C[C@H]2C(=O)N(C)[C@@H](C)C(=O)N2[C@@H]1c1ccc2c(c1)OCO2. The zero-order chi connectivity index (χ0) is 17.9. The Morgan fingerprint density at radius 2 is 1.96 bits per heavy atom. The molecule has 3 aliphatic rings. The van der Waals surface area contributed by atoms with Gasteiger partial charge in [-0.1, -0.05) is 6.07 Å². The van der Waals surface area contributed by atoms with Gasteiger partial charge in [-0.2, -0.15) is 0 Å². The lowest BCUT2D eigenvalue weighted by molar-refractivity contribution is -0.159. The molecule has 2 fully saturated rings. The third-order valence-electron chi connectivity index (χ3n) is 5.60.